The molecule has 0 aromatic heterocycles. The third kappa shape index (κ3) is 3.42. The van der Waals surface area contributed by atoms with Crippen LogP contribution in [-0.2, 0) is 14.8 Å². The molecule has 1 amide bonds. The molecule has 2 N–H and O–H groups in total. The van der Waals surface area contributed by atoms with Crippen LogP contribution in [0.4, 0.5) is 5.69 Å². The summed E-state index contributed by atoms with van der Waals surface area (Å²) >= 11 is 5.60. The zero-order chi connectivity index (χ0) is 13.1. The van der Waals surface area contributed by atoms with E-state index in [1.807, 2.05) is 0 Å². The third-order valence-corrected chi connectivity index (χ3v) is 3.74. The number of hydrogen-bond donors (Lipinski definition) is 2. The molecule has 1 atom stereocenters. The Hall–Kier alpha value is -1.11. The average molecular weight is 277 g/mol. The van der Waals surface area contributed by atoms with Crippen LogP contribution in [0, 0.1) is 0 Å². The summed E-state index contributed by atoms with van der Waals surface area (Å²) in [5, 5.41) is 1.72. The van der Waals surface area contributed by atoms with Crippen LogP contribution in [-0.4, -0.2) is 26.7 Å². The van der Waals surface area contributed by atoms with Crippen LogP contribution in [0.2, 0.25) is 0 Å². The highest BCUT2D eigenvalue weighted by Crippen LogP contribution is 2.20. The molecule has 1 unspecified atom stereocenters. The topological polar surface area (TPSA) is 75.3 Å². The van der Waals surface area contributed by atoms with E-state index in [9.17, 15) is 13.2 Å². The second-order valence-electron chi connectivity index (χ2n) is 3.31. The minimum Gasteiger partial charge on any atom is -0.324 e. The van der Waals surface area contributed by atoms with Crippen molar-refractivity contribution in [3.63, 3.8) is 0 Å². The Balaban J connectivity index is 3.14. The van der Waals surface area contributed by atoms with Gasteiger partial charge >= 0.3 is 0 Å². The van der Waals surface area contributed by atoms with Crippen LogP contribution in [0.25, 0.3) is 0 Å². The largest absolute Gasteiger partial charge is 0.324 e. The monoisotopic (exact) mass is 276 g/mol. The van der Waals surface area contributed by atoms with Crippen molar-refractivity contribution in [3.8, 4) is 0 Å². The van der Waals surface area contributed by atoms with Gasteiger partial charge in [0.2, 0.25) is 15.9 Å². The number of carbonyl (C=O) groups is 1. The van der Waals surface area contributed by atoms with E-state index >= 15 is 0 Å². The fourth-order valence-electron chi connectivity index (χ4n) is 1.15. The van der Waals surface area contributed by atoms with Crippen molar-refractivity contribution in [2.45, 2.75) is 17.2 Å². The van der Waals surface area contributed by atoms with E-state index in [1.165, 1.54) is 26.1 Å². The minimum absolute atomic E-state index is 0.00756. The average Bonchev–Trinajstić information content (AvgIpc) is 2.29. The highest BCUT2D eigenvalue weighted by molar-refractivity contribution is 7.89. The lowest BCUT2D eigenvalue weighted by atomic mass is 10.3. The first-order valence-electron chi connectivity index (χ1n) is 4.86. The van der Waals surface area contributed by atoms with E-state index in [0.29, 0.717) is 0 Å². The number of amides is 1. The molecule has 1 rings (SSSR count). The summed E-state index contributed by atoms with van der Waals surface area (Å²) in [6.07, 6.45) is 0. The van der Waals surface area contributed by atoms with Crippen molar-refractivity contribution < 1.29 is 13.2 Å². The molecular formula is C10H13ClN2O3S. The van der Waals surface area contributed by atoms with Crippen LogP contribution < -0.4 is 10.0 Å². The number of para-hydroxylation sites is 1. The number of anilines is 1. The number of alkyl halides is 1. The molecule has 94 valence electrons. The van der Waals surface area contributed by atoms with E-state index in [4.69, 9.17) is 11.6 Å². The molecule has 1 aromatic rings. The lowest BCUT2D eigenvalue weighted by Crippen LogP contribution is -2.24. The van der Waals surface area contributed by atoms with Crippen LogP contribution >= 0.6 is 11.6 Å². The number of halogens is 1. The van der Waals surface area contributed by atoms with Gasteiger partial charge in [0.15, 0.2) is 0 Å². The Morgan fingerprint density at radius 1 is 1.35 bits per heavy atom. The maximum absolute atomic E-state index is 11.7. The molecule has 0 aliphatic carbocycles. The summed E-state index contributed by atoms with van der Waals surface area (Å²) in [6, 6.07) is 6.11. The summed E-state index contributed by atoms with van der Waals surface area (Å²) in [5.74, 6) is -0.453. The maximum Gasteiger partial charge on any atom is 0.242 e. The third-order valence-electron chi connectivity index (χ3n) is 2.06. The van der Waals surface area contributed by atoms with Gasteiger partial charge in [-0.15, -0.1) is 11.6 Å². The molecule has 0 saturated carbocycles. The number of rotatable bonds is 4. The predicted octanol–water partition coefficient (Wildman–Crippen LogP) is 1.16. The molecule has 0 aliphatic rings. The van der Waals surface area contributed by atoms with Gasteiger partial charge in [0.05, 0.1) is 5.69 Å². The highest BCUT2D eigenvalue weighted by Gasteiger charge is 2.18. The van der Waals surface area contributed by atoms with E-state index in [1.54, 1.807) is 12.1 Å². The number of hydrogen-bond acceptors (Lipinski definition) is 3. The Bertz CT molecular complexity index is 514. The van der Waals surface area contributed by atoms with Gasteiger partial charge in [-0.1, -0.05) is 12.1 Å². The summed E-state index contributed by atoms with van der Waals surface area (Å²) in [7, 11) is -2.30. The zero-order valence-electron chi connectivity index (χ0n) is 9.40. The molecule has 0 fully saturated rings. The Morgan fingerprint density at radius 3 is 2.47 bits per heavy atom. The maximum atomic E-state index is 11.7. The van der Waals surface area contributed by atoms with Gasteiger partial charge in [-0.05, 0) is 26.1 Å². The number of nitrogens with one attached hydrogen (secondary N) is 2. The van der Waals surface area contributed by atoms with Crippen LogP contribution in [0.3, 0.4) is 0 Å². The van der Waals surface area contributed by atoms with E-state index in [0.717, 1.165) is 0 Å². The first-order chi connectivity index (χ1) is 7.88. The fraction of sp³-hybridized carbons (Fsp3) is 0.300. The van der Waals surface area contributed by atoms with Crippen LogP contribution in [0.5, 0.6) is 0 Å². The minimum atomic E-state index is -3.61. The van der Waals surface area contributed by atoms with Crippen LogP contribution in [0.1, 0.15) is 6.92 Å². The second-order valence-corrected chi connectivity index (χ2v) is 5.82. The molecular weight excluding hydrogens is 264 g/mol. The van der Waals surface area contributed by atoms with Crippen molar-refractivity contribution in [1.82, 2.24) is 4.72 Å². The van der Waals surface area contributed by atoms with Gasteiger partial charge < -0.3 is 5.32 Å². The van der Waals surface area contributed by atoms with E-state index in [2.05, 4.69) is 10.0 Å². The molecule has 0 radical (unpaired) electrons. The summed E-state index contributed by atoms with van der Waals surface area (Å²) in [5.41, 5.74) is 0.208. The molecule has 5 nitrogen and oxygen atoms in total. The number of benzene rings is 1. The summed E-state index contributed by atoms with van der Waals surface area (Å²) in [6.45, 7) is 1.51. The van der Waals surface area contributed by atoms with E-state index < -0.39 is 21.3 Å². The van der Waals surface area contributed by atoms with Gasteiger partial charge in [0, 0.05) is 0 Å². The standard InChI is InChI=1S/C10H13ClN2O3S/c1-7(11)10(14)13-8-5-3-4-6-9(8)17(15,16)12-2/h3-7,12H,1-2H3,(H,13,14). The predicted molar refractivity (Wildman–Crippen MR) is 66.6 cm³/mol. The first kappa shape index (κ1) is 14.0. The molecule has 0 bridgehead atoms. The molecule has 0 saturated heterocycles. The quantitative estimate of drug-likeness (QED) is 0.811. The molecule has 0 spiro atoms. The van der Waals surface area contributed by atoms with Crippen molar-refractivity contribution in [2.75, 3.05) is 12.4 Å². The van der Waals surface area contributed by atoms with E-state index in [-0.39, 0.29) is 10.6 Å². The SMILES string of the molecule is CNS(=O)(=O)c1ccccc1NC(=O)C(C)Cl. The van der Waals surface area contributed by atoms with Crippen molar-refractivity contribution in [3.05, 3.63) is 24.3 Å². The summed E-state index contributed by atoms with van der Waals surface area (Å²) in [4.78, 5) is 11.4. The first-order valence-corrected chi connectivity index (χ1v) is 6.78. The van der Waals surface area contributed by atoms with Gasteiger partial charge in [0.1, 0.15) is 10.3 Å². The van der Waals surface area contributed by atoms with Gasteiger partial charge in [0.25, 0.3) is 0 Å². The Morgan fingerprint density at radius 2 is 1.94 bits per heavy atom. The highest BCUT2D eigenvalue weighted by atomic mass is 35.5. The number of carbonyl (C=O) groups excluding carboxylic acids is 1. The van der Waals surface area contributed by atoms with Gasteiger partial charge in [-0.25, -0.2) is 13.1 Å². The van der Waals surface area contributed by atoms with Crippen molar-refractivity contribution >= 4 is 33.2 Å². The summed E-state index contributed by atoms with van der Waals surface area (Å²) < 4.78 is 25.5. The molecule has 17 heavy (non-hydrogen) atoms. The van der Waals surface area contributed by atoms with Gasteiger partial charge in [-0.3, -0.25) is 4.79 Å². The second kappa shape index (κ2) is 5.48. The number of sulfonamides is 1. The lowest BCUT2D eigenvalue weighted by Gasteiger charge is -2.11. The molecule has 1 aromatic carbocycles. The van der Waals surface area contributed by atoms with Crippen molar-refractivity contribution in [1.29, 1.82) is 0 Å². The van der Waals surface area contributed by atoms with Crippen LogP contribution in [0.15, 0.2) is 29.2 Å². The Kier molecular flexibility index (Phi) is 4.50. The molecule has 0 aliphatic heterocycles. The van der Waals surface area contributed by atoms with Gasteiger partial charge in [-0.2, -0.15) is 0 Å². The smallest absolute Gasteiger partial charge is 0.242 e. The molecule has 0 heterocycles. The fourth-order valence-corrected chi connectivity index (χ4v) is 2.09. The lowest BCUT2D eigenvalue weighted by molar-refractivity contribution is -0.115. The molecule has 7 heteroatoms. The Labute approximate surface area is 105 Å². The normalized spacial score (nSPS) is 13.1. The zero-order valence-corrected chi connectivity index (χ0v) is 11.0. The van der Waals surface area contributed by atoms with Crippen molar-refractivity contribution in [2.24, 2.45) is 0 Å².